The van der Waals surface area contributed by atoms with Crippen LogP contribution in [0, 0.1) is 18.7 Å². The molecular weight excluding hydrogens is 419 g/mol. The molecule has 6 nitrogen and oxygen atoms in total. The molecule has 7 heteroatoms. The van der Waals surface area contributed by atoms with Gasteiger partial charge in [-0.25, -0.2) is 9.07 Å². The first-order valence-corrected chi connectivity index (χ1v) is 10.7. The fourth-order valence-electron chi connectivity index (χ4n) is 3.29. The minimum Gasteiger partial charge on any atom is -0.462 e. The number of hydrogen-bond donors (Lipinski definition) is 1. The highest BCUT2D eigenvalue weighted by atomic mass is 19.1. The van der Waals surface area contributed by atoms with Gasteiger partial charge in [0.05, 0.1) is 12.3 Å². The molecule has 4 rings (SSSR count). The molecule has 0 saturated heterocycles. The van der Waals surface area contributed by atoms with Crippen molar-refractivity contribution < 1.29 is 13.9 Å². The van der Waals surface area contributed by atoms with E-state index in [4.69, 9.17) is 4.74 Å². The molecule has 0 atom stereocenters. The second kappa shape index (κ2) is 9.65. The minimum atomic E-state index is -0.455. The topological polar surface area (TPSA) is 69.0 Å². The number of carbonyl (C=O) groups excluding carboxylic acids is 1. The maximum atomic E-state index is 13.4. The summed E-state index contributed by atoms with van der Waals surface area (Å²) in [5.74, 6) is 0.180. The summed E-state index contributed by atoms with van der Waals surface area (Å²) in [6, 6.07) is 21.0. The van der Waals surface area contributed by atoms with E-state index in [0.29, 0.717) is 30.0 Å². The van der Waals surface area contributed by atoms with Gasteiger partial charge >= 0.3 is 6.01 Å². The van der Waals surface area contributed by atoms with Gasteiger partial charge in [-0.3, -0.25) is 4.79 Å². The van der Waals surface area contributed by atoms with Crippen LogP contribution in [0.3, 0.4) is 0 Å². The molecule has 33 heavy (non-hydrogen) atoms. The number of ether oxygens (including phenoxy) is 1. The van der Waals surface area contributed by atoms with E-state index < -0.39 is 5.82 Å². The standard InChI is InChI=1S/C26H25FN4O2/c1-17(2)16-33-26-29-24(23-10-5-4-7-18(23)3)31(30-26)22-13-11-21(12-14-22)28-25(32)19-8-6-9-20(27)15-19/h4-15,17H,16H2,1-3H3,(H,28,32). The summed E-state index contributed by atoms with van der Waals surface area (Å²) in [4.78, 5) is 17.0. The van der Waals surface area contributed by atoms with Crippen molar-refractivity contribution in [1.29, 1.82) is 0 Å². The highest BCUT2D eigenvalue weighted by molar-refractivity contribution is 6.04. The van der Waals surface area contributed by atoms with Crippen LogP contribution in [-0.4, -0.2) is 27.3 Å². The van der Waals surface area contributed by atoms with Crippen molar-refractivity contribution >= 4 is 11.6 Å². The second-order valence-corrected chi connectivity index (χ2v) is 8.16. The molecule has 1 aromatic heterocycles. The average Bonchev–Trinajstić information content (AvgIpc) is 3.22. The Morgan fingerprint density at radius 1 is 1.06 bits per heavy atom. The largest absolute Gasteiger partial charge is 0.462 e. The highest BCUT2D eigenvalue weighted by Gasteiger charge is 2.17. The summed E-state index contributed by atoms with van der Waals surface area (Å²) in [7, 11) is 0. The van der Waals surface area contributed by atoms with E-state index in [9.17, 15) is 9.18 Å². The van der Waals surface area contributed by atoms with Gasteiger partial charge in [-0.15, -0.1) is 5.10 Å². The molecule has 1 N–H and O–H groups in total. The minimum absolute atomic E-state index is 0.254. The highest BCUT2D eigenvalue weighted by Crippen LogP contribution is 2.27. The van der Waals surface area contributed by atoms with Crippen LogP contribution < -0.4 is 10.1 Å². The van der Waals surface area contributed by atoms with E-state index in [-0.39, 0.29) is 11.5 Å². The normalized spacial score (nSPS) is 10.9. The van der Waals surface area contributed by atoms with Crippen LogP contribution >= 0.6 is 0 Å². The van der Waals surface area contributed by atoms with Gasteiger partial charge in [0.15, 0.2) is 5.82 Å². The summed E-state index contributed by atoms with van der Waals surface area (Å²) < 4.78 is 20.9. The third-order valence-electron chi connectivity index (χ3n) is 4.98. The van der Waals surface area contributed by atoms with Crippen LogP contribution in [0.4, 0.5) is 10.1 Å². The van der Waals surface area contributed by atoms with Gasteiger partial charge in [0.2, 0.25) is 0 Å². The zero-order valence-corrected chi connectivity index (χ0v) is 18.7. The predicted octanol–water partition coefficient (Wildman–Crippen LogP) is 5.67. The maximum absolute atomic E-state index is 13.4. The number of rotatable bonds is 7. The Labute approximate surface area is 192 Å². The summed E-state index contributed by atoms with van der Waals surface area (Å²) in [6.07, 6.45) is 0. The van der Waals surface area contributed by atoms with Crippen LogP contribution in [0.2, 0.25) is 0 Å². The number of halogens is 1. The van der Waals surface area contributed by atoms with E-state index in [0.717, 1.165) is 16.8 Å². The lowest BCUT2D eigenvalue weighted by Crippen LogP contribution is -2.12. The van der Waals surface area contributed by atoms with E-state index in [1.165, 1.54) is 18.2 Å². The lowest BCUT2D eigenvalue weighted by molar-refractivity contribution is 0.102. The summed E-state index contributed by atoms with van der Waals surface area (Å²) in [5.41, 5.74) is 3.63. The van der Waals surface area contributed by atoms with E-state index in [1.807, 2.05) is 43.3 Å². The molecule has 0 radical (unpaired) electrons. The van der Waals surface area contributed by atoms with Gasteiger partial charge < -0.3 is 10.1 Å². The van der Waals surface area contributed by atoms with Crippen LogP contribution in [-0.2, 0) is 0 Å². The van der Waals surface area contributed by atoms with Crippen molar-refractivity contribution in [3.63, 3.8) is 0 Å². The van der Waals surface area contributed by atoms with Gasteiger partial charge in [-0.1, -0.05) is 44.2 Å². The SMILES string of the molecule is Cc1ccccc1-c1nc(OCC(C)C)nn1-c1ccc(NC(=O)c2cccc(F)c2)cc1. The lowest BCUT2D eigenvalue weighted by atomic mass is 10.1. The molecule has 0 fully saturated rings. The van der Waals surface area contributed by atoms with Gasteiger partial charge in [-0.2, -0.15) is 4.98 Å². The number of benzene rings is 3. The van der Waals surface area contributed by atoms with Gasteiger partial charge in [0, 0.05) is 16.8 Å². The van der Waals surface area contributed by atoms with Crippen molar-refractivity contribution in [1.82, 2.24) is 14.8 Å². The number of aryl methyl sites for hydroxylation is 1. The Morgan fingerprint density at radius 3 is 2.52 bits per heavy atom. The lowest BCUT2D eigenvalue weighted by Gasteiger charge is -2.10. The molecule has 0 spiro atoms. The van der Waals surface area contributed by atoms with Crippen LogP contribution in [0.15, 0.2) is 72.8 Å². The third-order valence-corrected chi connectivity index (χ3v) is 4.98. The van der Waals surface area contributed by atoms with Crippen LogP contribution in [0.1, 0.15) is 29.8 Å². The Hall–Kier alpha value is -4.00. The van der Waals surface area contributed by atoms with Crippen molar-refractivity contribution in [3.05, 3.63) is 89.7 Å². The average molecular weight is 445 g/mol. The van der Waals surface area contributed by atoms with Crippen molar-refractivity contribution in [3.8, 4) is 23.1 Å². The molecule has 1 heterocycles. The molecule has 3 aromatic carbocycles. The van der Waals surface area contributed by atoms with Crippen LogP contribution in [0.5, 0.6) is 6.01 Å². The number of anilines is 1. The van der Waals surface area contributed by atoms with E-state index >= 15 is 0 Å². The number of nitrogens with one attached hydrogen (secondary N) is 1. The molecule has 168 valence electrons. The Bertz CT molecular complexity index is 1270. The zero-order valence-electron chi connectivity index (χ0n) is 18.7. The molecule has 0 bridgehead atoms. The first kappa shape index (κ1) is 22.2. The Morgan fingerprint density at radius 2 is 1.82 bits per heavy atom. The molecule has 0 aliphatic heterocycles. The number of nitrogens with zero attached hydrogens (tertiary/aromatic N) is 3. The monoisotopic (exact) mass is 444 g/mol. The smallest absolute Gasteiger partial charge is 0.336 e. The van der Waals surface area contributed by atoms with Crippen molar-refractivity contribution in [2.45, 2.75) is 20.8 Å². The Kier molecular flexibility index (Phi) is 6.49. The number of amides is 1. The molecule has 1 amide bonds. The fourth-order valence-corrected chi connectivity index (χ4v) is 3.29. The third kappa shape index (κ3) is 5.26. The molecule has 0 unspecified atom stereocenters. The number of hydrogen-bond acceptors (Lipinski definition) is 4. The molecular formula is C26H25FN4O2. The molecule has 0 aliphatic rings. The summed E-state index contributed by atoms with van der Waals surface area (Å²) in [5, 5.41) is 7.35. The molecule has 0 saturated carbocycles. The number of aromatic nitrogens is 3. The summed E-state index contributed by atoms with van der Waals surface area (Å²) in [6.45, 7) is 6.67. The van der Waals surface area contributed by atoms with Crippen LogP contribution in [0.25, 0.3) is 17.1 Å². The van der Waals surface area contributed by atoms with Crippen molar-refractivity contribution in [2.75, 3.05) is 11.9 Å². The maximum Gasteiger partial charge on any atom is 0.336 e. The van der Waals surface area contributed by atoms with Crippen molar-refractivity contribution in [2.24, 2.45) is 5.92 Å². The van der Waals surface area contributed by atoms with Gasteiger partial charge in [0.1, 0.15) is 5.82 Å². The second-order valence-electron chi connectivity index (χ2n) is 8.16. The zero-order chi connectivity index (χ0) is 23.4. The predicted molar refractivity (Wildman–Crippen MR) is 126 cm³/mol. The van der Waals surface area contributed by atoms with Gasteiger partial charge in [-0.05, 0) is 60.9 Å². The van der Waals surface area contributed by atoms with E-state index in [1.54, 1.807) is 22.9 Å². The van der Waals surface area contributed by atoms with E-state index in [2.05, 4.69) is 29.2 Å². The fraction of sp³-hybridized carbons (Fsp3) is 0.192. The first-order valence-electron chi connectivity index (χ1n) is 10.7. The quantitative estimate of drug-likeness (QED) is 0.399. The summed E-state index contributed by atoms with van der Waals surface area (Å²) >= 11 is 0. The number of carbonyl (C=O) groups is 1. The Balaban J connectivity index is 1.62. The first-order chi connectivity index (χ1) is 15.9. The molecule has 0 aliphatic carbocycles. The molecule has 4 aromatic rings. The van der Waals surface area contributed by atoms with Gasteiger partial charge in [0.25, 0.3) is 5.91 Å².